The fourth-order valence-corrected chi connectivity index (χ4v) is 4.22. The van der Waals surface area contributed by atoms with Crippen LogP contribution >= 0.6 is 0 Å². The van der Waals surface area contributed by atoms with Gasteiger partial charge in [0.2, 0.25) is 0 Å². The van der Waals surface area contributed by atoms with Gasteiger partial charge in [0.05, 0.1) is 0 Å². The zero-order valence-electron chi connectivity index (χ0n) is 18.5. The van der Waals surface area contributed by atoms with Crippen molar-refractivity contribution in [1.82, 2.24) is 0 Å². The van der Waals surface area contributed by atoms with Gasteiger partial charge in [0.1, 0.15) is 0 Å². The molecule has 0 spiro atoms. The molecule has 156 valence electrons. The lowest BCUT2D eigenvalue weighted by molar-refractivity contribution is 1.65. The van der Waals surface area contributed by atoms with Crippen LogP contribution in [0.2, 0.25) is 0 Å². The second kappa shape index (κ2) is 8.63. The van der Waals surface area contributed by atoms with Gasteiger partial charge in [-0.25, -0.2) is 0 Å². The maximum atomic E-state index is 3.32. The highest BCUT2D eigenvalue weighted by Crippen LogP contribution is 2.19. The van der Waals surface area contributed by atoms with Crippen molar-refractivity contribution in [2.75, 3.05) is 0 Å². The Bertz CT molecular complexity index is 1680. The molecule has 0 heteroatoms. The first kappa shape index (κ1) is 19.9. The molecule has 0 saturated carbocycles. The van der Waals surface area contributed by atoms with Gasteiger partial charge in [-0.15, -0.1) is 0 Å². The minimum Gasteiger partial charge on any atom is -0.0616 e. The molecule has 0 radical (unpaired) electrons. The molecule has 6 aromatic rings. The van der Waals surface area contributed by atoms with Crippen molar-refractivity contribution in [3.63, 3.8) is 0 Å². The number of hydrogen-bond acceptors (Lipinski definition) is 0. The van der Waals surface area contributed by atoms with Crippen LogP contribution in [0.25, 0.3) is 32.3 Å². The van der Waals surface area contributed by atoms with Gasteiger partial charge in [-0.3, -0.25) is 0 Å². The molecule has 0 heterocycles. The molecule has 0 aliphatic carbocycles. The van der Waals surface area contributed by atoms with Gasteiger partial charge in [-0.1, -0.05) is 96.5 Å². The Hall–Kier alpha value is -4.78. The Balaban J connectivity index is 1.26. The van der Waals surface area contributed by atoms with Crippen LogP contribution < -0.4 is 0 Å². The second-order valence-corrected chi connectivity index (χ2v) is 8.40. The van der Waals surface area contributed by atoms with Crippen LogP contribution in [0.1, 0.15) is 22.3 Å². The quantitative estimate of drug-likeness (QED) is 0.215. The summed E-state index contributed by atoms with van der Waals surface area (Å²) in [5.74, 6) is 13.2. The van der Waals surface area contributed by atoms with E-state index >= 15 is 0 Å². The SMILES string of the molecule is C(#Cc1ccc2cc(C#Cc3ccc4ccccc4c3)ccc2c1)c1ccc2ccccc2c1. The van der Waals surface area contributed by atoms with E-state index in [0.29, 0.717) is 0 Å². The van der Waals surface area contributed by atoms with Gasteiger partial charge < -0.3 is 0 Å². The lowest BCUT2D eigenvalue weighted by atomic mass is 10.0. The Labute approximate surface area is 199 Å². The highest BCUT2D eigenvalue weighted by Gasteiger charge is 1.98. The van der Waals surface area contributed by atoms with Gasteiger partial charge in [0.15, 0.2) is 0 Å². The summed E-state index contributed by atoms with van der Waals surface area (Å²) < 4.78 is 0. The first-order valence-corrected chi connectivity index (χ1v) is 11.4. The maximum absolute atomic E-state index is 3.32. The molecule has 0 nitrogen and oxygen atoms in total. The van der Waals surface area contributed by atoms with Crippen molar-refractivity contribution < 1.29 is 0 Å². The summed E-state index contributed by atoms with van der Waals surface area (Å²) in [6, 6.07) is 42.1. The zero-order chi connectivity index (χ0) is 22.7. The average molecular weight is 429 g/mol. The molecule has 0 N–H and O–H groups in total. The summed E-state index contributed by atoms with van der Waals surface area (Å²) >= 11 is 0. The third kappa shape index (κ3) is 4.14. The second-order valence-electron chi connectivity index (χ2n) is 8.40. The van der Waals surface area contributed by atoms with Crippen LogP contribution in [0, 0.1) is 23.7 Å². The third-order valence-corrected chi connectivity index (χ3v) is 6.04. The van der Waals surface area contributed by atoms with E-state index in [1.807, 2.05) is 0 Å². The molecule has 34 heavy (non-hydrogen) atoms. The van der Waals surface area contributed by atoms with Crippen molar-refractivity contribution >= 4 is 32.3 Å². The van der Waals surface area contributed by atoms with Gasteiger partial charge in [-0.2, -0.15) is 0 Å². The fourth-order valence-electron chi connectivity index (χ4n) is 4.22. The van der Waals surface area contributed by atoms with E-state index in [0.717, 1.165) is 22.3 Å². The van der Waals surface area contributed by atoms with E-state index in [2.05, 4.69) is 145 Å². The lowest BCUT2D eigenvalue weighted by Crippen LogP contribution is -1.81. The third-order valence-electron chi connectivity index (χ3n) is 6.04. The minimum atomic E-state index is 1.01. The standard InChI is InChI=1S/C34H20/c1-3-7-31-21-25(13-17-29(31)5-1)9-11-27-15-19-34-24-28(16-20-33(34)23-27)12-10-26-14-18-30-6-2-4-8-32(30)22-26/h1-8,13-24H. The molecule has 0 aromatic heterocycles. The van der Waals surface area contributed by atoms with Crippen molar-refractivity contribution in [3.8, 4) is 23.7 Å². The summed E-state index contributed by atoms with van der Waals surface area (Å²) in [5, 5.41) is 7.23. The van der Waals surface area contributed by atoms with Gasteiger partial charge in [0.25, 0.3) is 0 Å². The lowest BCUT2D eigenvalue weighted by Gasteiger charge is -2.00. The van der Waals surface area contributed by atoms with E-state index in [9.17, 15) is 0 Å². The summed E-state index contributed by atoms with van der Waals surface area (Å²) in [7, 11) is 0. The smallest absolute Gasteiger partial charge is 0.0255 e. The summed E-state index contributed by atoms with van der Waals surface area (Å²) in [6.07, 6.45) is 0. The van der Waals surface area contributed by atoms with Crippen LogP contribution in [0.3, 0.4) is 0 Å². The normalized spacial score (nSPS) is 10.5. The molecule has 0 saturated heterocycles. The Morgan fingerprint density at radius 3 is 0.882 bits per heavy atom. The van der Waals surface area contributed by atoms with Crippen molar-refractivity contribution in [3.05, 3.63) is 144 Å². The summed E-state index contributed by atoms with van der Waals surface area (Å²) in [4.78, 5) is 0. The van der Waals surface area contributed by atoms with E-state index in [1.165, 1.54) is 32.3 Å². The topological polar surface area (TPSA) is 0 Å². The van der Waals surface area contributed by atoms with Crippen molar-refractivity contribution in [2.45, 2.75) is 0 Å². The monoisotopic (exact) mass is 428 g/mol. The Morgan fingerprint density at radius 1 is 0.265 bits per heavy atom. The van der Waals surface area contributed by atoms with E-state index in [1.54, 1.807) is 0 Å². The molecular weight excluding hydrogens is 408 g/mol. The summed E-state index contributed by atoms with van der Waals surface area (Å²) in [6.45, 7) is 0. The van der Waals surface area contributed by atoms with Crippen LogP contribution in [0.4, 0.5) is 0 Å². The number of hydrogen-bond donors (Lipinski definition) is 0. The van der Waals surface area contributed by atoms with E-state index in [-0.39, 0.29) is 0 Å². The van der Waals surface area contributed by atoms with Gasteiger partial charge in [-0.05, 0) is 80.8 Å². The van der Waals surface area contributed by atoms with E-state index in [4.69, 9.17) is 0 Å². The largest absolute Gasteiger partial charge is 0.0616 e. The number of benzene rings is 6. The molecule has 0 aliphatic heterocycles. The van der Waals surface area contributed by atoms with Crippen LogP contribution in [-0.4, -0.2) is 0 Å². The molecule has 0 amide bonds. The first-order chi connectivity index (χ1) is 16.8. The molecule has 0 atom stereocenters. The van der Waals surface area contributed by atoms with E-state index < -0.39 is 0 Å². The van der Waals surface area contributed by atoms with Gasteiger partial charge in [0, 0.05) is 22.3 Å². The highest BCUT2D eigenvalue weighted by atomic mass is 14.0. The van der Waals surface area contributed by atoms with Crippen LogP contribution in [-0.2, 0) is 0 Å². The van der Waals surface area contributed by atoms with Crippen LogP contribution in [0.15, 0.2) is 121 Å². The molecule has 0 unspecified atom stereocenters. The maximum Gasteiger partial charge on any atom is 0.0255 e. The van der Waals surface area contributed by atoms with Crippen molar-refractivity contribution in [2.24, 2.45) is 0 Å². The molecular formula is C34H20. The molecule has 6 aromatic carbocycles. The fraction of sp³-hybridized carbons (Fsp3) is 0. The Morgan fingerprint density at radius 2 is 0.529 bits per heavy atom. The average Bonchev–Trinajstić information content (AvgIpc) is 2.90. The first-order valence-electron chi connectivity index (χ1n) is 11.4. The highest BCUT2D eigenvalue weighted by molar-refractivity contribution is 5.86. The summed E-state index contributed by atoms with van der Waals surface area (Å²) in [5.41, 5.74) is 4.07. The predicted octanol–water partition coefficient (Wildman–Crippen LogP) is 7.95. The predicted molar refractivity (Wildman–Crippen MR) is 144 cm³/mol. The molecule has 6 rings (SSSR count). The van der Waals surface area contributed by atoms with Gasteiger partial charge >= 0.3 is 0 Å². The molecule has 0 bridgehead atoms. The van der Waals surface area contributed by atoms with Crippen molar-refractivity contribution in [1.29, 1.82) is 0 Å². The minimum absolute atomic E-state index is 1.01. The zero-order valence-corrected chi connectivity index (χ0v) is 18.5. The number of fused-ring (bicyclic) bond motifs is 3. The Kier molecular flexibility index (Phi) is 5.04. The van der Waals surface area contributed by atoms with Crippen LogP contribution in [0.5, 0.6) is 0 Å². The molecule has 0 aliphatic rings. The number of rotatable bonds is 0. The molecule has 0 fully saturated rings.